The third-order valence-electron chi connectivity index (χ3n) is 0.762. The zero-order valence-corrected chi connectivity index (χ0v) is 7.75. The van der Waals surface area contributed by atoms with Crippen molar-refractivity contribution in [3.8, 4) is 0 Å². The number of unbranched alkanes of at least 4 members (excludes halogenated alkanes) is 2. The van der Waals surface area contributed by atoms with Crippen molar-refractivity contribution < 1.29 is 0 Å². The molecule has 0 heterocycles. The molecule has 0 aliphatic heterocycles. The van der Waals surface area contributed by atoms with E-state index in [2.05, 4.69) is 6.92 Å². The minimum absolute atomic E-state index is 1.37. The number of hydrogen-bond donors (Lipinski definition) is 0. The summed E-state index contributed by atoms with van der Waals surface area (Å²) in [5.41, 5.74) is 0. The zero-order chi connectivity index (χ0) is 4.83. The van der Waals surface area contributed by atoms with Crippen molar-refractivity contribution >= 4 is 24.7 Å². The molecule has 0 bridgehead atoms. The number of rotatable bonds is 3. The predicted octanol–water partition coefficient (Wildman–Crippen LogP) is 1.76. The van der Waals surface area contributed by atoms with Crippen molar-refractivity contribution in [2.45, 2.75) is 30.3 Å². The van der Waals surface area contributed by atoms with E-state index in [1.54, 1.807) is 24.7 Å². The topological polar surface area (TPSA) is 0 Å². The molecule has 2 radical (unpaired) electrons. The van der Waals surface area contributed by atoms with E-state index in [1.165, 1.54) is 23.4 Å². The molecule has 0 nitrogen and oxygen atoms in total. The fraction of sp³-hybridized carbons (Fsp3) is 1.00. The quantitative estimate of drug-likeness (QED) is 0.546. The predicted molar refractivity (Wildman–Crippen MR) is 30.1 cm³/mol. The second kappa shape index (κ2) is 5.88. The summed E-state index contributed by atoms with van der Waals surface area (Å²) in [5.74, 6) is 0. The molecule has 0 saturated carbocycles. The molecule has 0 rings (SSSR count). The molecule has 0 amide bonds. The van der Waals surface area contributed by atoms with Gasteiger partial charge in [-0.05, 0) is 0 Å². The van der Waals surface area contributed by atoms with Crippen molar-refractivity contribution in [2.24, 2.45) is 0 Å². The zero-order valence-electron chi connectivity index (χ0n) is 4.28. The van der Waals surface area contributed by atoms with Crippen LogP contribution in [0.25, 0.3) is 0 Å². The average Bonchev–Trinajstić information content (AvgIpc) is 1.61. The SMILES string of the molecule is CCCC[CH2][Bi]. The van der Waals surface area contributed by atoms with E-state index < -0.39 is 0 Å². The molecule has 0 N–H and O–H groups in total. The Morgan fingerprint density at radius 3 is 2.17 bits per heavy atom. The first kappa shape index (κ1) is 6.88. The van der Waals surface area contributed by atoms with Gasteiger partial charge in [0.25, 0.3) is 0 Å². The molecule has 0 saturated heterocycles. The van der Waals surface area contributed by atoms with Gasteiger partial charge in [0.15, 0.2) is 0 Å². The Labute approximate surface area is 55.2 Å². The Hall–Kier alpha value is 0.883. The second-order valence-electron chi connectivity index (χ2n) is 1.43. The van der Waals surface area contributed by atoms with Crippen LogP contribution in [-0.2, 0) is 0 Å². The Bertz CT molecular complexity index is 15.9. The van der Waals surface area contributed by atoms with Crippen LogP contribution in [0.15, 0.2) is 0 Å². The molecule has 0 atom stereocenters. The van der Waals surface area contributed by atoms with E-state index in [0.29, 0.717) is 0 Å². The molecule has 0 fully saturated rings. The van der Waals surface area contributed by atoms with E-state index in [9.17, 15) is 0 Å². The van der Waals surface area contributed by atoms with E-state index >= 15 is 0 Å². The van der Waals surface area contributed by atoms with Gasteiger partial charge in [-0.3, -0.25) is 0 Å². The van der Waals surface area contributed by atoms with Crippen LogP contribution in [0.2, 0.25) is 4.13 Å². The molecule has 0 aliphatic carbocycles. The monoisotopic (exact) mass is 280 g/mol. The summed E-state index contributed by atoms with van der Waals surface area (Å²) in [6.07, 6.45) is 4.28. The van der Waals surface area contributed by atoms with E-state index in [-0.39, 0.29) is 0 Å². The van der Waals surface area contributed by atoms with Gasteiger partial charge in [-0.15, -0.1) is 0 Å². The fourth-order valence-electron chi connectivity index (χ4n) is 0.362. The third-order valence-corrected chi connectivity index (χ3v) is 1.99. The Morgan fingerprint density at radius 1 is 1.33 bits per heavy atom. The van der Waals surface area contributed by atoms with Crippen LogP contribution in [0.1, 0.15) is 26.2 Å². The Balaban J connectivity index is 2.34. The van der Waals surface area contributed by atoms with Gasteiger partial charge in [-0.25, -0.2) is 0 Å². The van der Waals surface area contributed by atoms with Crippen LogP contribution >= 0.6 is 0 Å². The van der Waals surface area contributed by atoms with Gasteiger partial charge < -0.3 is 0 Å². The summed E-state index contributed by atoms with van der Waals surface area (Å²) in [4.78, 5) is 0. The van der Waals surface area contributed by atoms with Crippen LogP contribution in [0.3, 0.4) is 0 Å². The van der Waals surface area contributed by atoms with E-state index in [0.717, 1.165) is 0 Å². The van der Waals surface area contributed by atoms with E-state index in [1.807, 2.05) is 0 Å². The van der Waals surface area contributed by atoms with Crippen LogP contribution < -0.4 is 0 Å². The van der Waals surface area contributed by atoms with Crippen molar-refractivity contribution in [3.05, 3.63) is 0 Å². The molecule has 1 heteroatoms. The molecule has 0 aromatic rings. The van der Waals surface area contributed by atoms with Crippen molar-refractivity contribution in [2.75, 3.05) is 0 Å². The standard InChI is InChI=1S/C5H11.Bi/c1-3-5-4-2;/h1,3-5H2,2H3;. The summed E-state index contributed by atoms with van der Waals surface area (Å²) < 4.78 is 1.47. The maximum absolute atomic E-state index is 2.24. The van der Waals surface area contributed by atoms with Crippen LogP contribution in [-0.4, -0.2) is 24.7 Å². The maximum atomic E-state index is 2.24. The minimum atomic E-state index is 1.37. The van der Waals surface area contributed by atoms with Crippen LogP contribution in [0.5, 0.6) is 0 Å². The van der Waals surface area contributed by atoms with Crippen LogP contribution in [0, 0.1) is 0 Å². The Kier molecular flexibility index (Phi) is 6.75. The van der Waals surface area contributed by atoms with Crippen molar-refractivity contribution in [1.29, 1.82) is 0 Å². The molecule has 0 aliphatic rings. The van der Waals surface area contributed by atoms with Gasteiger partial charge in [0, 0.05) is 0 Å². The summed E-state index contributed by atoms with van der Waals surface area (Å²) in [7, 11) is 0. The fourth-order valence-corrected chi connectivity index (χ4v) is 1.23. The molecule has 6 heavy (non-hydrogen) atoms. The second-order valence-corrected chi connectivity index (χ2v) is 3.17. The summed E-state index contributed by atoms with van der Waals surface area (Å²) >= 11 is 1.57. The molecule has 0 aromatic heterocycles. The molecule has 0 spiro atoms. The summed E-state index contributed by atoms with van der Waals surface area (Å²) in [6.45, 7) is 2.24. The average molecular weight is 280 g/mol. The van der Waals surface area contributed by atoms with Gasteiger partial charge in [0.1, 0.15) is 0 Å². The molecular formula is C5H11Bi. The van der Waals surface area contributed by atoms with Gasteiger partial charge in [0.2, 0.25) is 0 Å². The first-order valence-electron chi connectivity index (χ1n) is 2.52. The first-order valence-corrected chi connectivity index (χ1v) is 4.98. The first-order chi connectivity index (χ1) is 2.91. The third kappa shape index (κ3) is 4.88. The summed E-state index contributed by atoms with van der Waals surface area (Å²) in [6, 6.07) is 0. The summed E-state index contributed by atoms with van der Waals surface area (Å²) in [5, 5.41) is 0. The molecule has 0 aromatic carbocycles. The Morgan fingerprint density at radius 2 is 2.00 bits per heavy atom. The van der Waals surface area contributed by atoms with E-state index in [4.69, 9.17) is 0 Å². The van der Waals surface area contributed by atoms with Gasteiger partial charge in [-0.2, -0.15) is 0 Å². The van der Waals surface area contributed by atoms with Crippen molar-refractivity contribution in [1.82, 2.24) is 0 Å². The van der Waals surface area contributed by atoms with Gasteiger partial charge in [-0.1, -0.05) is 0 Å². The van der Waals surface area contributed by atoms with Gasteiger partial charge >= 0.3 is 55.0 Å². The van der Waals surface area contributed by atoms with Crippen LogP contribution in [0.4, 0.5) is 0 Å². The van der Waals surface area contributed by atoms with Crippen molar-refractivity contribution in [3.63, 3.8) is 0 Å². The normalized spacial score (nSPS) is 9.00. The molecule has 0 unspecified atom stereocenters. The molecular weight excluding hydrogens is 269 g/mol. The van der Waals surface area contributed by atoms with Gasteiger partial charge in [0.05, 0.1) is 0 Å². The number of hydrogen-bond acceptors (Lipinski definition) is 0. The molecule has 36 valence electrons.